The molecule has 0 amide bonds. The Morgan fingerprint density at radius 1 is 1.11 bits per heavy atom. The maximum Gasteiger partial charge on any atom is 0.144 e. The van der Waals surface area contributed by atoms with Crippen LogP contribution < -0.4 is 4.90 Å². The van der Waals surface area contributed by atoms with Gasteiger partial charge in [0.2, 0.25) is 0 Å². The molecule has 0 bridgehead atoms. The lowest BCUT2D eigenvalue weighted by molar-refractivity contribution is 0.567. The molecule has 0 unspecified atom stereocenters. The average molecular weight is 279 g/mol. The number of hydrogen-bond acceptors (Lipinski definition) is 2. The lowest BCUT2D eigenvalue weighted by atomic mass is 9.89. The molecule has 103 valence electrons. The van der Waals surface area contributed by atoms with Crippen molar-refractivity contribution in [2.45, 2.75) is 38.5 Å². The van der Waals surface area contributed by atoms with Crippen LogP contribution in [-0.4, -0.2) is 25.6 Å². The molecule has 3 heteroatoms. The van der Waals surface area contributed by atoms with E-state index in [1.807, 2.05) is 12.3 Å². The van der Waals surface area contributed by atoms with Crippen molar-refractivity contribution in [3.8, 4) is 0 Å². The van der Waals surface area contributed by atoms with Crippen molar-refractivity contribution in [2.24, 2.45) is 0 Å². The summed E-state index contributed by atoms with van der Waals surface area (Å²) < 4.78 is 0. The summed E-state index contributed by atoms with van der Waals surface area (Å²) in [4.78, 5) is 6.50. The van der Waals surface area contributed by atoms with Crippen LogP contribution in [-0.2, 0) is 0 Å². The molecular weight excluding hydrogens is 256 g/mol. The van der Waals surface area contributed by atoms with Crippen LogP contribution in [0.4, 0.5) is 0 Å². The average Bonchev–Trinajstić information content (AvgIpc) is 2.34. The highest BCUT2D eigenvalue weighted by atomic mass is 35.5. The molecule has 0 spiro atoms. The topological polar surface area (TPSA) is 18.8 Å². The van der Waals surface area contributed by atoms with Gasteiger partial charge in [-0.05, 0) is 48.5 Å². The maximum atomic E-state index is 5.89. The zero-order valence-corrected chi connectivity index (χ0v) is 12.7. The SMILES string of the molecule is C[N+](C)C/C1=C(\c2ccc(Cl)nc2)CCCCCC1. The smallest absolute Gasteiger partial charge is 0.144 e. The Bertz CT molecular complexity index is 435. The summed E-state index contributed by atoms with van der Waals surface area (Å²) in [5, 5.41) is 0.573. The van der Waals surface area contributed by atoms with Crippen molar-refractivity contribution in [1.82, 2.24) is 9.88 Å². The van der Waals surface area contributed by atoms with Crippen LogP contribution in [0.1, 0.15) is 44.1 Å². The predicted octanol–water partition coefficient (Wildman–Crippen LogP) is 4.24. The van der Waals surface area contributed by atoms with Gasteiger partial charge in [-0.2, -0.15) is 4.90 Å². The first-order chi connectivity index (χ1) is 9.16. The molecule has 2 nitrogen and oxygen atoms in total. The molecule has 0 atom stereocenters. The molecule has 1 aromatic rings. The third-order valence-corrected chi connectivity index (χ3v) is 3.89. The van der Waals surface area contributed by atoms with Gasteiger partial charge < -0.3 is 0 Å². The minimum atomic E-state index is 0.573. The van der Waals surface area contributed by atoms with Crippen LogP contribution in [0.2, 0.25) is 5.15 Å². The fraction of sp³-hybridized carbons (Fsp3) is 0.562. The third-order valence-electron chi connectivity index (χ3n) is 3.67. The largest absolute Gasteiger partial charge is 0.244 e. The first-order valence-electron chi connectivity index (χ1n) is 7.14. The lowest BCUT2D eigenvalue weighted by Gasteiger charge is -2.18. The van der Waals surface area contributed by atoms with E-state index in [0.29, 0.717) is 5.15 Å². The Morgan fingerprint density at radius 3 is 2.47 bits per heavy atom. The van der Waals surface area contributed by atoms with E-state index in [4.69, 9.17) is 11.6 Å². The van der Waals surface area contributed by atoms with Gasteiger partial charge in [0.05, 0.1) is 0 Å². The Kier molecular flexibility index (Phi) is 5.41. The lowest BCUT2D eigenvalue weighted by Crippen LogP contribution is -2.22. The Morgan fingerprint density at radius 2 is 1.84 bits per heavy atom. The first kappa shape index (κ1) is 14.5. The second-order valence-corrected chi connectivity index (χ2v) is 5.99. The van der Waals surface area contributed by atoms with Crippen molar-refractivity contribution in [3.05, 3.63) is 34.6 Å². The van der Waals surface area contributed by atoms with E-state index in [-0.39, 0.29) is 0 Å². The molecule has 1 radical (unpaired) electrons. The van der Waals surface area contributed by atoms with Crippen LogP contribution in [0.5, 0.6) is 0 Å². The molecule has 0 aromatic carbocycles. The van der Waals surface area contributed by atoms with Crippen molar-refractivity contribution in [3.63, 3.8) is 0 Å². The Labute approximate surface area is 121 Å². The predicted molar refractivity (Wildman–Crippen MR) is 82.7 cm³/mol. The number of hydrogen-bond donors (Lipinski definition) is 0. The Balaban J connectivity index is 2.33. The second-order valence-electron chi connectivity index (χ2n) is 5.60. The molecule has 1 heterocycles. The number of likely N-dealkylation sites (N-methyl/N-ethyl adjacent to an activating group) is 1. The summed E-state index contributed by atoms with van der Waals surface area (Å²) in [7, 11) is 4.28. The van der Waals surface area contributed by atoms with Gasteiger partial charge >= 0.3 is 0 Å². The fourth-order valence-corrected chi connectivity index (χ4v) is 2.89. The van der Waals surface area contributed by atoms with Crippen molar-refractivity contribution in [1.29, 1.82) is 0 Å². The highest BCUT2D eigenvalue weighted by molar-refractivity contribution is 6.29. The van der Waals surface area contributed by atoms with Gasteiger partial charge in [-0.1, -0.05) is 30.5 Å². The molecule has 0 N–H and O–H groups in total. The van der Waals surface area contributed by atoms with Crippen LogP contribution >= 0.6 is 11.6 Å². The minimum Gasteiger partial charge on any atom is -0.244 e. The summed E-state index contributed by atoms with van der Waals surface area (Å²) >= 11 is 5.89. The van der Waals surface area contributed by atoms with E-state index < -0.39 is 0 Å². The number of halogens is 1. The van der Waals surface area contributed by atoms with Gasteiger partial charge in [0.1, 0.15) is 25.8 Å². The molecule has 1 aliphatic rings. The second kappa shape index (κ2) is 7.06. The molecule has 0 saturated heterocycles. The molecule has 0 saturated carbocycles. The maximum absolute atomic E-state index is 5.89. The molecule has 1 aromatic heterocycles. The summed E-state index contributed by atoms with van der Waals surface area (Å²) in [6.07, 6.45) is 9.63. The summed E-state index contributed by atoms with van der Waals surface area (Å²) in [5.74, 6) is 0. The standard InChI is InChI=1S/C16H23ClN2/c1-19(2)12-14-7-5-3-4-6-8-15(14)13-9-10-16(17)18-11-13/h9-11H,3-8,12H2,1-2H3/q+1/b15-14-. The van der Waals surface area contributed by atoms with Crippen molar-refractivity contribution >= 4 is 17.2 Å². The van der Waals surface area contributed by atoms with E-state index in [1.54, 1.807) is 5.57 Å². The van der Waals surface area contributed by atoms with Gasteiger partial charge in [0, 0.05) is 6.20 Å². The molecule has 0 fully saturated rings. The van der Waals surface area contributed by atoms with E-state index in [1.165, 1.54) is 49.7 Å². The van der Waals surface area contributed by atoms with E-state index in [9.17, 15) is 0 Å². The number of nitrogens with zero attached hydrogens (tertiary/aromatic N) is 2. The molecule has 19 heavy (non-hydrogen) atoms. The normalized spacial score (nSPS) is 21.3. The number of rotatable bonds is 3. The van der Waals surface area contributed by atoms with Crippen LogP contribution in [0.15, 0.2) is 23.9 Å². The van der Waals surface area contributed by atoms with Gasteiger partial charge in [-0.15, -0.1) is 0 Å². The van der Waals surface area contributed by atoms with Crippen LogP contribution in [0, 0.1) is 0 Å². The molecular formula is C16H23ClN2+. The van der Waals surface area contributed by atoms with Crippen molar-refractivity contribution < 1.29 is 0 Å². The number of aromatic nitrogens is 1. The first-order valence-corrected chi connectivity index (χ1v) is 7.52. The minimum absolute atomic E-state index is 0.573. The van der Waals surface area contributed by atoms with Gasteiger partial charge in [-0.25, -0.2) is 4.98 Å². The van der Waals surface area contributed by atoms with Crippen molar-refractivity contribution in [2.75, 3.05) is 20.6 Å². The monoisotopic (exact) mass is 278 g/mol. The van der Waals surface area contributed by atoms with Crippen LogP contribution in [0.25, 0.3) is 5.57 Å². The highest BCUT2D eigenvalue weighted by Gasteiger charge is 2.16. The summed E-state index contributed by atoms with van der Waals surface area (Å²) in [6.45, 7) is 1.05. The van der Waals surface area contributed by atoms with Gasteiger partial charge in [0.25, 0.3) is 0 Å². The highest BCUT2D eigenvalue weighted by Crippen LogP contribution is 2.30. The number of allylic oxidation sites excluding steroid dienone is 1. The van der Waals surface area contributed by atoms with Gasteiger partial charge in [-0.3, -0.25) is 0 Å². The third kappa shape index (κ3) is 4.32. The van der Waals surface area contributed by atoms with E-state index in [0.717, 1.165) is 6.54 Å². The zero-order valence-electron chi connectivity index (χ0n) is 12.0. The van der Waals surface area contributed by atoms with E-state index >= 15 is 0 Å². The molecule has 0 aliphatic heterocycles. The molecule has 1 aliphatic carbocycles. The van der Waals surface area contributed by atoms with E-state index in [2.05, 4.69) is 30.0 Å². The quantitative estimate of drug-likeness (QED) is 0.598. The zero-order chi connectivity index (χ0) is 13.7. The number of pyridine rings is 1. The Hall–Kier alpha value is -0.860. The summed E-state index contributed by atoms with van der Waals surface area (Å²) in [6, 6.07) is 4.01. The summed E-state index contributed by atoms with van der Waals surface area (Å²) in [5.41, 5.74) is 4.33. The van der Waals surface area contributed by atoms with Gasteiger partial charge in [0.15, 0.2) is 0 Å². The van der Waals surface area contributed by atoms with Crippen LogP contribution in [0.3, 0.4) is 0 Å². The fourth-order valence-electron chi connectivity index (χ4n) is 2.78. The molecule has 2 rings (SSSR count).